The highest BCUT2D eigenvalue weighted by Gasteiger charge is 2.12. The number of benzene rings is 1. The van der Waals surface area contributed by atoms with Crippen molar-refractivity contribution >= 4 is 0 Å². The molecule has 18 heavy (non-hydrogen) atoms. The van der Waals surface area contributed by atoms with Gasteiger partial charge in [0.25, 0.3) is 0 Å². The van der Waals surface area contributed by atoms with Gasteiger partial charge in [0.15, 0.2) is 17.5 Å². The van der Waals surface area contributed by atoms with Gasteiger partial charge in [-0.3, -0.25) is 0 Å². The van der Waals surface area contributed by atoms with Crippen molar-refractivity contribution in [2.45, 2.75) is 19.3 Å². The molecule has 0 amide bonds. The Labute approximate surface area is 103 Å². The van der Waals surface area contributed by atoms with Gasteiger partial charge < -0.3 is 10.3 Å². The molecule has 0 saturated carbocycles. The molecule has 0 aliphatic heterocycles. The quantitative estimate of drug-likeness (QED) is 0.882. The van der Waals surface area contributed by atoms with Crippen LogP contribution >= 0.6 is 0 Å². The Morgan fingerprint density at radius 1 is 1.28 bits per heavy atom. The first-order valence-electron chi connectivity index (χ1n) is 5.65. The zero-order valence-corrected chi connectivity index (χ0v) is 9.70. The fourth-order valence-corrected chi connectivity index (χ4v) is 1.57. The van der Waals surface area contributed by atoms with Crippen molar-refractivity contribution in [2.24, 2.45) is 5.73 Å². The molecular weight excluding hydrogens is 240 g/mol. The first-order chi connectivity index (χ1) is 8.70. The maximum absolute atomic E-state index is 13.4. The molecule has 6 heteroatoms. The molecule has 0 fully saturated rings. The molecule has 4 nitrogen and oxygen atoms in total. The van der Waals surface area contributed by atoms with Crippen molar-refractivity contribution in [3.8, 4) is 0 Å². The van der Waals surface area contributed by atoms with Crippen molar-refractivity contribution in [3.63, 3.8) is 0 Å². The maximum atomic E-state index is 13.4. The van der Waals surface area contributed by atoms with Crippen molar-refractivity contribution in [1.82, 2.24) is 10.1 Å². The van der Waals surface area contributed by atoms with Crippen LogP contribution in [0.15, 0.2) is 22.7 Å². The van der Waals surface area contributed by atoms with Gasteiger partial charge in [-0.2, -0.15) is 4.98 Å². The molecule has 1 aromatic heterocycles. The van der Waals surface area contributed by atoms with Crippen LogP contribution in [0.3, 0.4) is 0 Å². The lowest BCUT2D eigenvalue weighted by molar-refractivity contribution is 0.376. The minimum absolute atomic E-state index is 0.0826. The predicted octanol–water partition coefficient (Wildman–Crippen LogP) is 1.83. The molecule has 2 aromatic rings. The van der Waals surface area contributed by atoms with E-state index >= 15 is 0 Å². The van der Waals surface area contributed by atoms with E-state index in [0.717, 1.165) is 12.5 Å². The summed E-state index contributed by atoms with van der Waals surface area (Å²) in [4.78, 5) is 4.09. The van der Waals surface area contributed by atoms with Crippen molar-refractivity contribution in [2.75, 3.05) is 6.54 Å². The zero-order chi connectivity index (χ0) is 13.0. The second kappa shape index (κ2) is 5.68. The third kappa shape index (κ3) is 2.89. The second-order valence-corrected chi connectivity index (χ2v) is 3.89. The third-order valence-electron chi connectivity index (χ3n) is 2.49. The minimum Gasteiger partial charge on any atom is -0.339 e. The normalized spacial score (nSPS) is 10.8. The number of aromatic nitrogens is 2. The lowest BCUT2D eigenvalue weighted by Crippen LogP contribution is -2.01. The van der Waals surface area contributed by atoms with Gasteiger partial charge in [-0.1, -0.05) is 17.3 Å². The number of hydrogen-bond donors (Lipinski definition) is 1. The van der Waals surface area contributed by atoms with Gasteiger partial charge in [0.05, 0.1) is 6.42 Å². The van der Waals surface area contributed by atoms with Crippen LogP contribution in [0.4, 0.5) is 8.78 Å². The number of nitrogens with two attached hydrogens (primary N) is 1. The van der Waals surface area contributed by atoms with Gasteiger partial charge in [-0.05, 0) is 19.0 Å². The van der Waals surface area contributed by atoms with Crippen molar-refractivity contribution in [3.05, 3.63) is 47.1 Å². The van der Waals surface area contributed by atoms with Crippen LogP contribution in [-0.2, 0) is 12.8 Å². The van der Waals surface area contributed by atoms with Crippen molar-refractivity contribution in [1.29, 1.82) is 0 Å². The summed E-state index contributed by atoms with van der Waals surface area (Å²) < 4.78 is 31.4. The van der Waals surface area contributed by atoms with E-state index in [-0.39, 0.29) is 17.9 Å². The van der Waals surface area contributed by atoms with Gasteiger partial charge >= 0.3 is 0 Å². The highest BCUT2D eigenvalue weighted by molar-refractivity contribution is 5.21. The fraction of sp³-hybridized carbons (Fsp3) is 0.333. The average molecular weight is 253 g/mol. The van der Waals surface area contributed by atoms with E-state index in [0.29, 0.717) is 18.8 Å². The van der Waals surface area contributed by atoms with E-state index in [4.69, 9.17) is 10.3 Å². The third-order valence-corrected chi connectivity index (χ3v) is 2.49. The summed E-state index contributed by atoms with van der Waals surface area (Å²) in [5, 5.41) is 3.74. The summed E-state index contributed by atoms with van der Waals surface area (Å²) in [6, 6.07) is 4.00. The second-order valence-electron chi connectivity index (χ2n) is 3.89. The van der Waals surface area contributed by atoms with E-state index in [1.807, 2.05) is 0 Å². The molecule has 2 N–H and O–H groups in total. The summed E-state index contributed by atoms with van der Waals surface area (Å²) in [6.07, 6.45) is 1.46. The molecule has 0 unspecified atom stereocenters. The standard InChI is InChI=1S/C12H13F2N3O/c13-9-4-1-3-8(12(9)14)7-11-16-10(17-18-11)5-2-6-15/h1,3-4H,2,5-7,15H2. The first kappa shape index (κ1) is 12.6. The monoisotopic (exact) mass is 253 g/mol. The zero-order valence-electron chi connectivity index (χ0n) is 9.70. The van der Waals surface area contributed by atoms with Crippen LogP contribution < -0.4 is 5.73 Å². The van der Waals surface area contributed by atoms with E-state index in [2.05, 4.69) is 10.1 Å². The average Bonchev–Trinajstić information content (AvgIpc) is 2.80. The van der Waals surface area contributed by atoms with Crippen LogP contribution in [0, 0.1) is 11.6 Å². The highest BCUT2D eigenvalue weighted by atomic mass is 19.2. The lowest BCUT2D eigenvalue weighted by atomic mass is 10.1. The molecule has 96 valence electrons. The Kier molecular flexibility index (Phi) is 3.99. The molecule has 1 aromatic carbocycles. The first-order valence-corrected chi connectivity index (χ1v) is 5.65. The van der Waals surface area contributed by atoms with E-state index < -0.39 is 11.6 Å². The van der Waals surface area contributed by atoms with E-state index in [9.17, 15) is 8.78 Å². The smallest absolute Gasteiger partial charge is 0.231 e. The van der Waals surface area contributed by atoms with E-state index in [1.54, 1.807) is 0 Å². The van der Waals surface area contributed by atoms with Crippen LogP contribution in [-0.4, -0.2) is 16.7 Å². The number of halogens is 2. The molecule has 0 spiro atoms. The topological polar surface area (TPSA) is 64.9 Å². The molecule has 0 aliphatic carbocycles. The maximum Gasteiger partial charge on any atom is 0.231 e. The van der Waals surface area contributed by atoms with Gasteiger partial charge in [0.2, 0.25) is 5.89 Å². The molecule has 0 saturated heterocycles. The van der Waals surface area contributed by atoms with Crippen molar-refractivity contribution < 1.29 is 13.3 Å². The van der Waals surface area contributed by atoms with E-state index in [1.165, 1.54) is 12.1 Å². The Bertz CT molecular complexity index is 528. The van der Waals surface area contributed by atoms with Gasteiger partial charge in [0, 0.05) is 12.0 Å². The Hall–Kier alpha value is -1.82. The summed E-state index contributed by atoms with van der Waals surface area (Å²) in [7, 11) is 0. The van der Waals surface area contributed by atoms with Gasteiger partial charge in [-0.25, -0.2) is 8.78 Å². The lowest BCUT2D eigenvalue weighted by Gasteiger charge is -1.99. The SMILES string of the molecule is NCCCc1noc(Cc2cccc(F)c2F)n1. The summed E-state index contributed by atoms with van der Waals surface area (Å²) in [5.74, 6) is -0.951. The molecule has 2 rings (SSSR count). The van der Waals surface area contributed by atoms with Crippen LogP contribution in [0.5, 0.6) is 0 Å². The molecule has 0 bridgehead atoms. The fourth-order valence-electron chi connectivity index (χ4n) is 1.57. The molecule has 1 heterocycles. The summed E-state index contributed by atoms with van der Waals surface area (Å²) >= 11 is 0. The van der Waals surface area contributed by atoms with Crippen LogP contribution in [0.25, 0.3) is 0 Å². The highest BCUT2D eigenvalue weighted by Crippen LogP contribution is 2.15. The summed E-state index contributed by atoms with van der Waals surface area (Å²) in [6.45, 7) is 0.544. The summed E-state index contributed by atoms with van der Waals surface area (Å²) in [5.41, 5.74) is 5.56. The number of hydrogen-bond acceptors (Lipinski definition) is 4. The van der Waals surface area contributed by atoms with Crippen LogP contribution in [0.2, 0.25) is 0 Å². The number of rotatable bonds is 5. The largest absolute Gasteiger partial charge is 0.339 e. The van der Waals surface area contributed by atoms with Gasteiger partial charge in [0.1, 0.15) is 0 Å². The van der Waals surface area contributed by atoms with Crippen LogP contribution in [0.1, 0.15) is 23.7 Å². The number of aryl methyl sites for hydroxylation is 1. The Balaban J connectivity index is 2.09. The predicted molar refractivity (Wildman–Crippen MR) is 60.8 cm³/mol. The Morgan fingerprint density at radius 2 is 2.11 bits per heavy atom. The molecule has 0 aliphatic rings. The van der Waals surface area contributed by atoms with Gasteiger partial charge in [-0.15, -0.1) is 0 Å². The molecule has 0 atom stereocenters. The molecular formula is C12H13F2N3O. The Morgan fingerprint density at radius 3 is 2.89 bits per heavy atom. The molecule has 0 radical (unpaired) electrons. The number of nitrogens with zero attached hydrogens (tertiary/aromatic N) is 2. The minimum atomic E-state index is -0.879.